The van der Waals surface area contributed by atoms with Gasteiger partial charge in [0.2, 0.25) is 0 Å². The molecule has 19 heavy (non-hydrogen) atoms. The third kappa shape index (κ3) is 5.40. The van der Waals surface area contributed by atoms with E-state index in [4.69, 9.17) is 5.26 Å². The number of nitriles is 1. The van der Waals surface area contributed by atoms with E-state index in [0.717, 1.165) is 0 Å². The summed E-state index contributed by atoms with van der Waals surface area (Å²) in [5.41, 5.74) is 0.660. The number of carbonyl (C=O) groups is 1. The van der Waals surface area contributed by atoms with Gasteiger partial charge in [-0.1, -0.05) is 6.07 Å². The Morgan fingerprint density at radius 1 is 1.53 bits per heavy atom. The number of benzene rings is 1. The molecule has 1 aromatic rings. The van der Waals surface area contributed by atoms with Crippen LogP contribution in [-0.4, -0.2) is 24.8 Å². The lowest BCUT2D eigenvalue weighted by molar-refractivity contribution is -0.184. The molecule has 4 nitrogen and oxygen atoms in total. The quantitative estimate of drug-likeness (QED) is 0.915. The molecule has 7 heteroatoms. The zero-order valence-corrected chi connectivity index (χ0v) is 9.99. The fourth-order valence-corrected chi connectivity index (χ4v) is 1.21. The summed E-state index contributed by atoms with van der Waals surface area (Å²) in [7, 11) is 0. The van der Waals surface area contributed by atoms with Gasteiger partial charge in [-0.05, 0) is 25.1 Å². The Hall–Kier alpha value is -2.07. The van der Waals surface area contributed by atoms with Gasteiger partial charge in [0.05, 0.1) is 11.6 Å². The molecular formula is C12H11F3N2O2. The van der Waals surface area contributed by atoms with Crippen LogP contribution in [0.5, 0.6) is 0 Å². The second-order valence-electron chi connectivity index (χ2n) is 3.75. The number of nitrogens with zero attached hydrogens (tertiary/aromatic N) is 1. The molecule has 0 bridgehead atoms. The van der Waals surface area contributed by atoms with Gasteiger partial charge in [0.1, 0.15) is 12.7 Å². The second kappa shape index (κ2) is 6.20. The van der Waals surface area contributed by atoms with Crippen LogP contribution in [0.2, 0.25) is 0 Å². The van der Waals surface area contributed by atoms with Crippen LogP contribution in [0.3, 0.4) is 0 Å². The maximum atomic E-state index is 11.9. The number of hydrogen-bond acceptors (Lipinski definition) is 3. The predicted molar refractivity (Wildman–Crippen MR) is 61.3 cm³/mol. The first kappa shape index (κ1) is 15.0. The van der Waals surface area contributed by atoms with Gasteiger partial charge in [0.25, 0.3) is 5.91 Å². The maximum absolute atomic E-state index is 11.9. The van der Waals surface area contributed by atoms with Crippen molar-refractivity contribution in [1.82, 2.24) is 0 Å². The molecule has 0 aliphatic carbocycles. The largest absolute Gasteiger partial charge is 0.411 e. The average molecular weight is 272 g/mol. The molecule has 0 aromatic heterocycles. The maximum Gasteiger partial charge on any atom is 0.411 e. The molecule has 0 aliphatic heterocycles. The molecule has 0 aliphatic rings. The number of amides is 1. The highest BCUT2D eigenvalue weighted by molar-refractivity contribution is 5.94. The normalized spacial score (nSPS) is 12.6. The first-order chi connectivity index (χ1) is 8.81. The average Bonchev–Trinajstić information content (AvgIpc) is 2.35. The molecule has 0 saturated heterocycles. The smallest absolute Gasteiger partial charge is 0.359 e. The Morgan fingerprint density at radius 3 is 2.79 bits per heavy atom. The SMILES string of the molecule is C[C@H](OCC(F)(F)F)C(=O)Nc1cccc(C#N)c1. The highest BCUT2D eigenvalue weighted by atomic mass is 19.4. The summed E-state index contributed by atoms with van der Waals surface area (Å²) in [5.74, 6) is -0.709. The Morgan fingerprint density at radius 2 is 2.21 bits per heavy atom. The van der Waals surface area contributed by atoms with Crippen molar-refractivity contribution in [2.75, 3.05) is 11.9 Å². The number of ether oxygens (including phenoxy) is 1. The van der Waals surface area contributed by atoms with Gasteiger partial charge >= 0.3 is 6.18 Å². The van der Waals surface area contributed by atoms with Crippen LogP contribution in [-0.2, 0) is 9.53 Å². The molecule has 0 heterocycles. The van der Waals surface area contributed by atoms with Crippen LogP contribution in [0.15, 0.2) is 24.3 Å². The van der Waals surface area contributed by atoms with E-state index in [1.54, 1.807) is 12.1 Å². The summed E-state index contributed by atoms with van der Waals surface area (Å²) in [5, 5.41) is 11.0. The zero-order valence-electron chi connectivity index (χ0n) is 9.99. The van der Waals surface area contributed by atoms with Gasteiger partial charge in [-0.15, -0.1) is 0 Å². The van der Waals surface area contributed by atoms with Crippen LogP contribution in [0.25, 0.3) is 0 Å². The molecular weight excluding hydrogens is 261 g/mol. The lowest BCUT2D eigenvalue weighted by Crippen LogP contribution is -2.31. The molecule has 1 N–H and O–H groups in total. The highest BCUT2D eigenvalue weighted by Crippen LogP contribution is 2.16. The van der Waals surface area contributed by atoms with E-state index >= 15 is 0 Å². The Kier molecular flexibility index (Phi) is 4.89. The number of alkyl halides is 3. The minimum Gasteiger partial charge on any atom is -0.359 e. The van der Waals surface area contributed by atoms with Crippen LogP contribution in [0.4, 0.5) is 18.9 Å². The molecule has 0 saturated carbocycles. The van der Waals surface area contributed by atoms with Crippen molar-refractivity contribution in [3.8, 4) is 6.07 Å². The van der Waals surface area contributed by atoms with Gasteiger partial charge in [-0.25, -0.2) is 0 Å². The van der Waals surface area contributed by atoms with Crippen molar-refractivity contribution in [2.45, 2.75) is 19.2 Å². The summed E-state index contributed by atoms with van der Waals surface area (Å²) in [6.07, 6.45) is -5.72. The lowest BCUT2D eigenvalue weighted by Gasteiger charge is -2.14. The van der Waals surface area contributed by atoms with Crippen LogP contribution < -0.4 is 5.32 Å². The van der Waals surface area contributed by atoms with E-state index in [1.165, 1.54) is 19.1 Å². The summed E-state index contributed by atoms with van der Waals surface area (Å²) in [6, 6.07) is 7.91. The van der Waals surface area contributed by atoms with Gasteiger partial charge in [0, 0.05) is 5.69 Å². The Bertz CT molecular complexity index is 494. The van der Waals surface area contributed by atoms with Gasteiger partial charge in [-0.3, -0.25) is 4.79 Å². The number of rotatable bonds is 4. The molecule has 1 rings (SSSR count). The van der Waals surface area contributed by atoms with Crippen molar-refractivity contribution in [3.63, 3.8) is 0 Å². The number of halogens is 3. The van der Waals surface area contributed by atoms with Crippen LogP contribution >= 0.6 is 0 Å². The van der Waals surface area contributed by atoms with Crippen molar-refractivity contribution in [2.24, 2.45) is 0 Å². The minimum atomic E-state index is -4.48. The fourth-order valence-electron chi connectivity index (χ4n) is 1.21. The van der Waals surface area contributed by atoms with Gasteiger partial charge in [0.15, 0.2) is 0 Å². The van der Waals surface area contributed by atoms with E-state index in [2.05, 4.69) is 10.1 Å². The van der Waals surface area contributed by atoms with Crippen LogP contribution in [0.1, 0.15) is 12.5 Å². The first-order valence-corrected chi connectivity index (χ1v) is 5.31. The molecule has 0 spiro atoms. The predicted octanol–water partition coefficient (Wildman–Crippen LogP) is 2.46. The molecule has 102 valence electrons. The monoisotopic (exact) mass is 272 g/mol. The van der Waals surface area contributed by atoms with E-state index in [0.29, 0.717) is 11.3 Å². The van der Waals surface area contributed by atoms with Crippen molar-refractivity contribution in [3.05, 3.63) is 29.8 Å². The van der Waals surface area contributed by atoms with Crippen molar-refractivity contribution in [1.29, 1.82) is 5.26 Å². The van der Waals surface area contributed by atoms with Crippen LogP contribution in [0, 0.1) is 11.3 Å². The number of nitrogens with one attached hydrogen (secondary N) is 1. The Labute approximate surface area is 107 Å². The fraction of sp³-hybridized carbons (Fsp3) is 0.333. The standard InChI is InChI=1S/C12H11F3N2O2/c1-8(19-7-12(13,14)15)11(18)17-10-4-2-3-9(5-10)6-16/h2-5,8H,7H2,1H3,(H,17,18)/t8-/m0/s1. The summed E-state index contributed by atoms with van der Waals surface area (Å²) in [6.45, 7) is -0.269. The third-order valence-electron chi connectivity index (χ3n) is 2.13. The molecule has 1 amide bonds. The lowest BCUT2D eigenvalue weighted by atomic mass is 10.2. The van der Waals surface area contributed by atoms with E-state index < -0.39 is 24.8 Å². The zero-order chi connectivity index (χ0) is 14.5. The van der Waals surface area contributed by atoms with Crippen molar-refractivity contribution >= 4 is 11.6 Å². The third-order valence-corrected chi connectivity index (χ3v) is 2.13. The highest BCUT2D eigenvalue weighted by Gasteiger charge is 2.29. The van der Waals surface area contributed by atoms with E-state index in [-0.39, 0.29) is 0 Å². The molecule has 1 aromatic carbocycles. The van der Waals surface area contributed by atoms with Gasteiger partial charge < -0.3 is 10.1 Å². The second-order valence-corrected chi connectivity index (χ2v) is 3.75. The summed E-state index contributed by atoms with van der Waals surface area (Å²) < 4.78 is 40.1. The van der Waals surface area contributed by atoms with Crippen molar-refractivity contribution < 1.29 is 22.7 Å². The number of carbonyl (C=O) groups excluding carboxylic acids is 1. The topological polar surface area (TPSA) is 62.1 Å². The molecule has 0 unspecified atom stereocenters. The number of anilines is 1. The summed E-state index contributed by atoms with van der Waals surface area (Å²) in [4.78, 5) is 11.5. The van der Waals surface area contributed by atoms with E-state index in [9.17, 15) is 18.0 Å². The molecule has 0 radical (unpaired) electrons. The minimum absolute atomic E-state index is 0.325. The van der Waals surface area contributed by atoms with E-state index in [1.807, 2.05) is 6.07 Å². The van der Waals surface area contributed by atoms with Gasteiger partial charge in [-0.2, -0.15) is 18.4 Å². The molecule has 1 atom stereocenters. The molecule has 0 fully saturated rings. The number of hydrogen-bond donors (Lipinski definition) is 1. The first-order valence-electron chi connectivity index (χ1n) is 5.31. The summed E-state index contributed by atoms with van der Waals surface area (Å²) >= 11 is 0. The Balaban J connectivity index is 2.57.